The van der Waals surface area contributed by atoms with E-state index in [0.29, 0.717) is 28.9 Å². The van der Waals surface area contributed by atoms with Gasteiger partial charge in [-0.3, -0.25) is 9.48 Å². The first kappa shape index (κ1) is 15.5. The van der Waals surface area contributed by atoms with Gasteiger partial charge in [-0.2, -0.15) is 10.1 Å². The number of thioether (sulfide) groups is 1. The van der Waals surface area contributed by atoms with Crippen LogP contribution in [0, 0.1) is 13.8 Å². The number of anilines is 1. The summed E-state index contributed by atoms with van der Waals surface area (Å²) in [7, 11) is 1.84. The summed E-state index contributed by atoms with van der Waals surface area (Å²) in [6.07, 6.45) is 1.63. The third-order valence-electron chi connectivity index (χ3n) is 3.18. The van der Waals surface area contributed by atoms with Crippen molar-refractivity contribution in [3.8, 4) is 0 Å². The number of amides is 1. The number of pyridine rings is 1. The molecule has 8 nitrogen and oxygen atoms in total. The van der Waals surface area contributed by atoms with Gasteiger partial charge in [0.05, 0.1) is 29.1 Å². The van der Waals surface area contributed by atoms with Crippen molar-refractivity contribution >= 4 is 34.4 Å². The SMILES string of the molecule is Cc1nc(CSCC(=O)Nc2cnc3c(c2)c(C)nn3C)no1. The minimum atomic E-state index is -0.0992. The number of hydrogen-bond acceptors (Lipinski definition) is 7. The molecule has 0 atom stereocenters. The third kappa shape index (κ3) is 3.50. The van der Waals surface area contributed by atoms with Crippen molar-refractivity contribution in [2.75, 3.05) is 11.1 Å². The first-order valence-electron chi connectivity index (χ1n) is 6.99. The fourth-order valence-electron chi connectivity index (χ4n) is 2.21. The molecular formula is C14H16N6O2S. The molecule has 1 amide bonds. The van der Waals surface area contributed by atoms with Crippen LogP contribution in [0.1, 0.15) is 17.4 Å². The maximum Gasteiger partial charge on any atom is 0.234 e. The number of nitrogens with zero attached hydrogens (tertiary/aromatic N) is 5. The van der Waals surface area contributed by atoms with E-state index in [-0.39, 0.29) is 5.91 Å². The Kier molecular flexibility index (Phi) is 4.28. The van der Waals surface area contributed by atoms with E-state index in [1.807, 2.05) is 20.0 Å². The number of hydrogen-bond donors (Lipinski definition) is 1. The molecule has 0 unspecified atom stereocenters. The standard InChI is InChI=1S/C14H16N6O2S/c1-8-11-4-10(5-15-14(11)20(3)18-8)17-13(21)7-23-6-12-16-9(2)22-19-12/h4-5H,6-7H2,1-3H3,(H,17,21). The molecule has 0 bridgehead atoms. The minimum absolute atomic E-state index is 0.0992. The van der Waals surface area contributed by atoms with Crippen LogP contribution in [0.2, 0.25) is 0 Å². The van der Waals surface area contributed by atoms with Gasteiger partial charge in [0.1, 0.15) is 0 Å². The Morgan fingerprint density at radius 3 is 3.00 bits per heavy atom. The second-order valence-corrected chi connectivity index (χ2v) is 6.06. The van der Waals surface area contributed by atoms with E-state index in [4.69, 9.17) is 4.52 Å². The molecule has 0 saturated heterocycles. The lowest BCUT2D eigenvalue weighted by Gasteiger charge is -2.04. The quantitative estimate of drug-likeness (QED) is 0.761. The van der Waals surface area contributed by atoms with Crippen LogP contribution in [0.25, 0.3) is 11.0 Å². The van der Waals surface area contributed by atoms with Crippen LogP contribution in [0.4, 0.5) is 5.69 Å². The Bertz CT molecular complexity index is 856. The Labute approximate surface area is 136 Å². The molecule has 0 radical (unpaired) electrons. The van der Waals surface area contributed by atoms with E-state index in [1.165, 1.54) is 11.8 Å². The molecule has 0 aliphatic rings. The highest BCUT2D eigenvalue weighted by Crippen LogP contribution is 2.19. The lowest BCUT2D eigenvalue weighted by molar-refractivity contribution is -0.113. The van der Waals surface area contributed by atoms with Gasteiger partial charge in [-0.25, -0.2) is 4.98 Å². The molecule has 3 aromatic rings. The fraction of sp³-hybridized carbons (Fsp3) is 0.357. The lowest BCUT2D eigenvalue weighted by Crippen LogP contribution is -2.14. The van der Waals surface area contributed by atoms with Crippen molar-refractivity contribution < 1.29 is 9.32 Å². The van der Waals surface area contributed by atoms with Crippen LogP contribution >= 0.6 is 11.8 Å². The first-order chi connectivity index (χ1) is 11.0. The number of carbonyl (C=O) groups excluding carboxylic acids is 1. The zero-order valence-electron chi connectivity index (χ0n) is 13.0. The molecule has 9 heteroatoms. The molecule has 0 saturated carbocycles. The van der Waals surface area contributed by atoms with Gasteiger partial charge in [0.25, 0.3) is 0 Å². The van der Waals surface area contributed by atoms with Crippen LogP contribution in [-0.4, -0.2) is 36.6 Å². The van der Waals surface area contributed by atoms with Crippen molar-refractivity contribution in [3.63, 3.8) is 0 Å². The Hall–Kier alpha value is -2.42. The van der Waals surface area contributed by atoms with Crippen molar-refractivity contribution in [2.24, 2.45) is 7.05 Å². The molecule has 3 rings (SSSR count). The van der Waals surface area contributed by atoms with E-state index in [2.05, 4.69) is 25.5 Å². The van der Waals surface area contributed by atoms with E-state index in [0.717, 1.165) is 16.7 Å². The predicted octanol–water partition coefficient (Wildman–Crippen LogP) is 1.84. The summed E-state index contributed by atoms with van der Waals surface area (Å²) in [5, 5.41) is 11.9. The summed E-state index contributed by atoms with van der Waals surface area (Å²) < 4.78 is 6.60. The van der Waals surface area contributed by atoms with Gasteiger partial charge in [-0.15, -0.1) is 11.8 Å². The zero-order valence-corrected chi connectivity index (χ0v) is 13.8. The van der Waals surface area contributed by atoms with E-state index >= 15 is 0 Å². The highest BCUT2D eigenvalue weighted by molar-refractivity contribution is 7.99. The van der Waals surface area contributed by atoms with Crippen LogP contribution in [0.15, 0.2) is 16.8 Å². The first-order valence-corrected chi connectivity index (χ1v) is 8.14. The third-order valence-corrected chi connectivity index (χ3v) is 4.11. The second kappa shape index (κ2) is 6.37. The van der Waals surface area contributed by atoms with Crippen LogP contribution in [0.3, 0.4) is 0 Å². The summed E-state index contributed by atoms with van der Waals surface area (Å²) >= 11 is 1.42. The highest BCUT2D eigenvalue weighted by Gasteiger charge is 2.10. The van der Waals surface area contributed by atoms with Crippen LogP contribution < -0.4 is 5.32 Å². The largest absolute Gasteiger partial charge is 0.340 e. The van der Waals surface area contributed by atoms with Gasteiger partial charge in [-0.05, 0) is 13.0 Å². The molecule has 120 valence electrons. The van der Waals surface area contributed by atoms with Crippen molar-refractivity contribution in [1.29, 1.82) is 0 Å². The number of aromatic nitrogens is 5. The number of fused-ring (bicyclic) bond motifs is 1. The number of nitrogens with one attached hydrogen (secondary N) is 1. The molecule has 0 aliphatic carbocycles. The summed E-state index contributed by atoms with van der Waals surface area (Å²) in [4.78, 5) is 20.4. The van der Waals surface area contributed by atoms with Crippen molar-refractivity contribution in [3.05, 3.63) is 29.7 Å². The second-order valence-electron chi connectivity index (χ2n) is 5.07. The zero-order chi connectivity index (χ0) is 16.4. The van der Waals surface area contributed by atoms with Crippen molar-refractivity contribution in [1.82, 2.24) is 24.9 Å². The van der Waals surface area contributed by atoms with Crippen LogP contribution in [0.5, 0.6) is 0 Å². The van der Waals surface area contributed by atoms with Gasteiger partial charge in [-0.1, -0.05) is 5.16 Å². The highest BCUT2D eigenvalue weighted by atomic mass is 32.2. The Balaban J connectivity index is 1.58. The lowest BCUT2D eigenvalue weighted by atomic mass is 10.2. The van der Waals surface area contributed by atoms with Gasteiger partial charge in [0.2, 0.25) is 11.8 Å². The molecule has 3 aromatic heterocycles. The molecule has 23 heavy (non-hydrogen) atoms. The summed E-state index contributed by atoms with van der Waals surface area (Å²) in [6, 6.07) is 1.88. The molecule has 0 spiro atoms. The fourth-order valence-corrected chi connectivity index (χ4v) is 2.87. The average molecular weight is 332 g/mol. The van der Waals surface area contributed by atoms with Crippen LogP contribution in [-0.2, 0) is 17.6 Å². The van der Waals surface area contributed by atoms with E-state index in [1.54, 1.807) is 17.8 Å². The Morgan fingerprint density at radius 1 is 1.43 bits per heavy atom. The monoisotopic (exact) mass is 332 g/mol. The minimum Gasteiger partial charge on any atom is -0.340 e. The summed E-state index contributed by atoms with van der Waals surface area (Å²) in [5.41, 5.74) is 2.34. The smallest absolute Gasteiger partial charge is 0.234 e. The molecular weight excluding hydrogens is 316 g/mol. The summed E-state index contributed by atoms with van der Waals surface area (Å²) in [5.74, 6) is 1.85. The predicted molar refractivity (Wildman–Crippen MR) is 87.1 cm³/mol. The van der Waals surface area contributed by atoms with Gasteiger partial charge < -0.3 is 9.84 Å². The summed E-state index contributed by atoms with van der Waals surface area (Å²) in [6.45, 7) is 3.65. The number of carbonyl (C=O) groups is 1. The van der Waals surface area contributed by atoms with Gasteiger partial charge >= 0.3 is 0 Å². The van der Waals surface area contributed by atoms with Gasteiger partial charge in [0.15, 0.2) is 11.5 Å². The average Bonchev–Trinajstić information content (AvgIpc) is 3.03. The molecule has 1 N–H and O–H groups in total. The number of aryl methyl sites for hydroxylation is 3. The van der Waals surface area contributed by atoms with Crippen molar-refractivity contribution in [2.45, 2.75) is 19.6 Å². The molecule has 0 aromatic carbocycles. The molecule has 3 heterocycles. The topological polar surface area (TPSA) is 98.7 Å². The van der Waals surface area contributed by atoms with E-state index in [9.17, 15) is 4.79 Å². The number of rotatable bonds is 5. The van der Waals surface area contributed by atoms with Gasteiger partial charge in [0, 0.05) is 19.4 Å². The maximum absolute atomic E-state index is 12.0. The Morgan fingerprint density at radius 2 is 2.26 bits per heavy atom. The van der Waals surface area contributed by atoms with E-state index < -0.39 is 0 Å². The normalized spacial score (nSPS) is 11.1. The molecule has 0 aliphatic heterocycles. The maximum atomic E-state index is 12.0. The molecule has 0 fully saturated rings.